The van der Waals surface area contributed by atoms with Gasteiger partial charge in [-0.2, -0.15) is 5.10 Å². The van der Waals surface area contributed by atoms with Crippen molar-refractivity contribution in [1.82, 2.24) is 9.78 Å². The van der Waals surface area contributed by atoms with Crippen molar-refractivity contribution >= 4 is 40.9 Å². The molecular weight excluding hydrogens is 508 g/mol. The molecule has 2 amide bonds. The third kappa shape index (κ3) is 4.15. The molecule has 39 heavy (non-hydrogen) atoms. The number of hydrogen-bond acceptors (Lipinski definition) is 9. The summed E-state index contributed by atoms with van der Waals surface area (Å²) in [6.45, 7) is 5.16. The van der Waals surface area contributed by atoms with Crippen LogP contribution in [0.2, 0.25) is 0 Å². The standard InChI is InChI=1S/C27H22N4O8/c1-4-38-27(37)21-18(14(3)31(28-21)17-9-5-13(2)6-10-17)22(32)20-19-23(39-29-20)25(34)30(24(19)33)16-11-7-15(8-12-16)26(35)36/h5-12,19,23H,4H2,1-3H3,(H,35,36)/t19-,23-/m1/s1. The first-order chi connectivity index (χ1) is 18.6. The summed E-state index contributed by atoms with van der Waals surface area (Å²) in [5.74, 6) is -5.68. The lowest BCUT2D eigenvalue weighted by molar-refractivity contribution is -0.126. The van der Waals surface area contributed by atoms with Gasteiger partial charge in [-0.25, -0.2) is 19.2 Å². The van der Waals surface area contributed by atoms with Gasteiger partial charge in [0.25, 0.3) is 5.91 Å². The number of amides is 2. The maximum absolute atomic E-state index is 13.8. The number of carboxylic acid groups (broad SMARTS) is 1. The molecule has 2 aliphatic heterocycles. The highest BCUT2D eigenvalue weighted by molar-refractivity contribution is 6.53. The summed E-state index contributed by atoms with van der Waals surface area (Å²) in [4.78, 5) is 70.3. The molecule has 1 saturated heterocycles. The zero-order valence-electron chi connectivity index (χ0n) is 21.1. The number of benzene rings is 2. The quantitative estimate of drug-likeness (QED) is 0.275. The van der Waals surface area contributed by atoms with Crippen LogP contribution in [0.3, 0.4) is 0 Å². The molecule has 12 nitrogen and oxygen atoms in total. The summed E-state index contributed by atoms with van der Waals surface area (Å²) in [5.41, 5.74) is 1.25. The summed E-state index contributed by atoms with van der Waals surface area (Å²) in [6, 6.07) is 12.4. The van der Waals surface area contributed by atoms with Crippen molar-refractivity contribution in [3.8, 4) is 5.69 Å². The predicted molar refractivity (Wildman–Crippen MR) is 135 cm³/mol. The largest absolute Gasteiger partial charge is 0.478 e. The average Bonchev–Trinajstić information content (AvgIpc) is 3.57. The van der Waals surface area contributed by atoms with Crippen LogP contribution in [0.15, 0.2) is 53.7 Å². The second-order valence-electron chi connectivity index (χ2n) is 8.95. The number of carboxylic acids is 1. The molecule has 0 unspecified atom stereocenters. The van der Waals surface area contributed by atoms with Crippen LogP contribution in [0, 0.1) is 19.8 Å². The fourth-order valence-electron chi connectivity index (χ4n) is 4.56. The van der Waals surface area contributed by atoms with Gasteiger partial charge in [0.2, 0.25) is 17.8 Å². The minimum atomic E-state index is -1.38. The maximum Gasteiger partial charge on any atom is 0.359 e. The molecule has 3 aromatic rings. The Morgan fingerprint density at radius 2 is 1.62 bits per heavy atom. The highest BCUT2D eigenvalue weighted by Crippen LogP contribution is 2.35. The van der Waals surface area contributed by atoms with E-state index in [1.807, 2.05) is 19.1 Å². The molecule has 1 N–H and O–H groups in total. The van der Waals surface area contributed by atoms with Crippen molar-refractivity contribution in [3.05, 3.63) is 76.6 Å². The van der Waals surface area contributed by atoms with Gasteiger partial charge in [-0.3, -0.25) is 14.4 Å². The lowest BCUT2D eigenvalue weighted by Gasteiger charge is -2.15. The van der Waals surface area contributed by atoms with Crippen molar-refractivity contribution in [2.24, 2.45) is 11.1 Å². The van der Waals surface area contributed by atoms with Crippen LogP contribution >= 0.6 is 0 Å². The van der Waals surface area contributed by atoms with Crippen molar-refractivity contribution in [2.75, 3.05) is 11.5 Å². The first kappa shape index (κ1) is 25.5. The lowest BCUT2D eigenvalue weighted by atomic mass is 9.92. The molecule has 2 aliphatic rings. The van der Waals surface area contributed by atoms with Crippen LogP contribution in [0.4, 0.5) is 5.69 Å². The second-order valence-corrected chi connectivity index (χ2v) is 8.95. The Morgan fingerprint density at radius 3 is 2.23 bits per heavy atom. The number of aromatic nitrogens is 2. The van der Waals surface area contributed by atoms with Gasteiger partial charge >= 0.3 is 11.9 Å². The molecule has 1 fully saturated rings. The Kier molecular flexibility index (Phi) is 6.30. The van der Waals surface area contributed by atoms with E-state index in [0.717, 1.165) is 10.5 Å². The molecule has 1 aromatic heterocycles. The van der Waals surface area contributed by atoms with Gasteiger partial charge in [0.05, 0.1) is 34.8 Å². The van der Waals surface area contributed by atoms with E-state index in [-0.39, 0.29) is 34.8 Å². The third-order valence-corrected chi connectivity index (χ3v) is 6.51. The number of ketones is 1. The molecule has 0 aliphatic carbocycles. The summed E-state index contributed by atoms with van der Waals surface area (Å²) in [5, 5.41) is 17.2. The Morgan fingerprint density at radius 1 is 0.974 bits per heavy atom. The van der Waals surface area contributed by atoms with E-state index in [2.05, 4.69) is 10.3 Å². The van der Waals surface area contributed by atoms with E-state index in [9.17, 15) is 24.0 Å². The Balaban J connectivity index is 1.52. The summed E-state index contributed by atoms with van der Waals surface area (Å²) in [6.07, 6.45) is -1.38. The zero-order valence-corrected chi connectivity index (χ0v) is 21.1. The van der Waals surface area contributed by atoms with Gasteiger partial charge in [0.15, 0.2) is 5.69 Å². The minimum absolute atomic E-state index is 0.0284. The number of oxime groups is 1. The van der Waals surface area contributed by atoms with E-state index in [4.69, 9.17) is 14.7 Å². The van der Waals surface area contributed by atoms with Crippen LogP contribution in [0.5, 0.6) is 0 Å². The number of aryl methyl sites for hydroxylation is 1. The molecule has 0 spiro atoms. The molecule has 198 valence electrons. The van der Waals surface area contributed by atoms with Crippen LogP contribution < -0.4 is 4.90 Å². The van der Waals surface area contributed by atoms with E-state index in [1.54, 1.807) is 26.0 Å². The molecular formula is C27H22N4O8. The number of aromatic carboxylic acids is 1. The number of imide groups is 1. The minimum Gasteiger partial charge on any atom is -0.478 e. The number of esters is 1. The van der Waals surface area contributed by atoms with Gasteiger partial charge < -0.3 is 14.7 Å². The Bertz CT molecular complexity index is 1570. The molecule has 2 atom stereocenters. The first-order valence-electron chi connectivity index (χ1n) is 12.0. The van der Waals surface area contributed by atoms with Crippen LogP contribution in [0.1, 0.15) is 49.4 Å². The number of anilines is 1. The number of carbonyl (C=O) groups excluding carboxylic acids is 4. The number of fused-ring (bicyclic) bond motifs is 1. The monoisotopic (exact) mass is 530 g/mol. The Hall–Kier alpha value is -5.13. The zero-order chi connectivity index (χ0) is 28.0. The summed E-state index contributed by atoms with van der Waals surface area (Å²) < 4.78 is 6.54. The normalized spacial score (nSPS) is 18.0. The maximum atomic E-state index is 13.8. The van der Waals surface area contributed by atoms with E-state index in [1.165, 1.54) is 28.9 Å². The molecule has 2 aromatic carbocycles. The smallest absolute Gasteiger partial charge is 0.359 e. The number of ether oxygens (including phenoxy) is 1. The predicted octanol–water partition coefficient (Wildman–Crippen LogP) is 2.49. The van der Waals surface area contributed by atoms with Crippen molar-refractivity contribution in [1.29, 1.82) is 0 Å². The number of rotatable bonds is 7. The van der Waals surface area contributed by atoms with E-state index >= 15 is 0 Å². The average molecular weight is 530 g/mol. The number of hydrogen-bond donors (Lipinski definition) is 1. The van der Waals surface area contributed by atoms with E-state index < -0.39 is 41.6 Å². The molecule has 5 rings (SSSR count). The highest BCUT2D eigenvalue weighted by Gasteiger charge is 2.58. The topological polar surface area (TPSA) is 157 Å². The number of Topliss-reactive ketones (excluding diaryl/α,β-unsaturated/α-hetero) is 1. The molecule has 0 radical (unpaired) electrons. The highest BCUT2D eigenvalue weighted by atomic mass is 16.7. The van der Waals surface area contributed by atoms with Gasteiger partial charge in [0, 0.05) is 0 Å². The van der Waals surface area contributed by atoms with Gasteiger partial charge in [0.1, 0.15) is 11.6 Å². The van der Waals surface area contributed by atoms with Gasteiger partial charge in [-0.1, -0.05) is 22.9 Å². The van der Waals surface area contributed by atoms with Gasteiger partial charge in [-0.05, 0) is 57.2 Å². The summed E-state index contributed by atoms with van der Waals surface area (Å²) in [7, 11) is 0. The fraction of sp³-hybridized carbons (Fsp3) is 0.222. The second kappa shape index (κ2) is 9.63. The summed E-state index contributed by atoms with van der Waals surface area (Å²) >= 11 is 0. The van der Waals surface area contributed by atoms with E-state index in [0.29, 0.717) is 11.4 Å². The molecule has 12 heteroatoms. The van der Waals surface area contributed by atoms with Crippen LogP contribution in [0.25, 0.3) is 5.69 Å². The fourth-order valence-corrected chi connectivity index (χ4v) is 4.56. The molecule has 0 saturated carbocycles. The van der Waals surface area contributed by atoms with Crippen LogP contribution in [-0.2, 0) is 19.2 Å². The number of carbonyl (C=O) groups is 5. The van der Waals surface area contributed by atoms with Crippen molar-refractivity contribution in [3.63, 3.8) is 0 Å². The SMILES string of the molecule is CCOC(=O)c1nn(-c2ccc(C)cc2)c(C)c1C(=O)C1=NO[C@H]2C(=O)N(c3ccc(C(=O)O)cc3)C(=O)[C@H]12. The lowest BCUT2D eigenvalue weighted by Crippen LogP contribution is -2.34. The van der Waals surface area contributed by atoms with Crippen molar-refractivity contribution in [2.45, 2.75) is 26.9 Å². The molecule has 3 heterocycles. The first-order valence-corrected chi connectivity index (χ1v) is 12.0. The van der Waals surface area contributed by atoms with Gasteiger partial charge in [-0.15, -0.1) is 0 Å². The Labute approximate surface area is 221 Å². The molecule has 0 bridgehead atoms. The third-order valence-electron chi connectivity index (χ3n) is 6.51. The van der Waals surface area contributed by atoms with Crippen molar-refractivity contribution < 1.29 is 38.7 Å². The van der Waals surface area contributed by atoms with Crippen LogP contribution in [-0.4, -0.2) is 62.8 Å². The number of nitrogens with zero attached hydrogens (tertiary/aromatic N) is 4.